The minimum absolute atomic E-state index is 0.290. The maximum absolute atomic E-state index is 4.55. The van der Waals surface area contributed by atoms with Crippen LogP contribution in [0.15, 0.2) is 35.8 Å². The van der Waals surface area contributed by atoms with Crippen molar-refractivity contribution >= 4 is 22.9 Å². The molecule has 0 bridgehead atoms. The molecule has 0 radical (unpaired) electrons. The number of pyridine rings is 1. The Balaban J connectivity index is 1.86. The summed E-state index contributed by atoms with van der Waals surface area (Å²) in [5.74, 6) is 0.697. The first-order valence-electron chi connectivity index (χ1n) is 6.89. The maximum atomic E-state index is 4.55. The Hall–Kier alpha value is -1.88. The fourth-order valence-corrected chi connectivity index (χ4v) is 3.08. The molecule has 0 aliphatic carbocycles. The van der Waals surface area contributed by atoms with E-state index < -0.39 is 0 Å². The van der Waals surface area contributed by atoms with Crippen molar-refractivity contribution in [2.24, 2.45) is 0 Å². The van der Waals surface area contributed by atoms with Crippen molar-refractivity contribution in [2.45, 2.75) is 32.7 Å². The van der Waals surface area contributed by atoms with E-state index >= 15 is 0 Å². The van der Waals surface area contributed by atoms with E-state index in [1.807, 2.05) is 22.8 Å². The van der Waals surface area contributed by atoms with Gasteiger partial charge in [0.25, 0.3) is 0 Å². The zero-order valence-corrected chi connectivity index (χ0v) is 12.5. The van der Waals surface area contributed by atoms with Crippen LogP contribution < -0.4 is 5.32 Å². The van der Waals surface area contributed by atoms with Gasteiger partial charge in [0.2, 0.25) is 5.95 Å². The number of rotatable bonds is 5. The quantitative estimate of drug-likeness (QED) is 0.769. The Kier molecular flexibility index (Phi) is 3.69. The summed E-state index contributed by atoms with van der Waals surface area (Å²) < 4.78 is 1.81. The Bertz CT molecular complexity index is 687. The molecule has 20 heavy (non-hydrogen) atoms. The monoisotopic (exact) mass is 286 g/mol. The molecule has 1 atom stereocenters. The third-order valence-electron chi connectivity index (χ3n) is 3.26. The second-order valence-electron chi connectivity index (χ2n) is 4.94. The topological polar surface area (TPSA) is 42.2 Å². The average Bonchev–Trinajstić information content (AvgIpc) is 3.06. The molecule has 0 aromatic carbocycles. The van der Waals surface area contributed by atoms with Crippen LogP contribution in [0.25, 0.3) is 5.65 Å². The van der Waals surface area contributed by atoms with Gasteiger partial charge in [0.15, 0.2) is 5.65 Å². The zero-order chi connectivity index (χ0) is 13.9. The number of nitrogens with zero attached hydrogens (tertiary/aromatic N) is 3. The van der Waals surface area contributed by atoms with Crippen LogP contribution in [0.3, 0.4) is 0 Å². The SMILES string of the molecule is CCCC(Nc1nc2cc(C)ccn2n1)c1cccs1. The Labute approximate surface area is 122 Å². The summed E-state index contributed by atoms with van der Waals surface area (Å²) in [5.41, 5.74) is 2.08. The smallest absolute Gasteiger partial charge is 0.243 e. The minimum atomic E-state index is 0.290. The molecule has 0 amide bonds. The van der Waals surface area contributed by atoms with Crippen LogP contribution >= 0.6 is 11.3 Å². The van der Waals surface area contributed by atoms with Crippen LogP contribution in [0.1, 0.15) is 36.2 Å². The van der Waals surface area contributed by atoms with Crippen LogP contribution in [0.5, 0.6) is 0 Å². The van der Waals surface area contributed by atoms with E-state index in [2.05, 4.69) is 46.8 Å². The lowest BCUT2D eigenvalue weighted by Gasteiger charge is -2.14. The van der Waals surface area contributed by atoms with Crippen LogP contribution in [-0.2, 0) is 0 Å². The van der Waals surface area contributed by atoms with Crippen molar-refractivity contribution in [1.82, 2.24) is 14.6 Å². The van der Waals surface area contributed by atoms with Crippen LogP contribution in [0, 0.1) is 6.92 Å². The first-order valence-corrected chi connectivity index (χ1v) is 7.77. The standard InChI is InChI=1S/C15H18N4S/c1-3-5-12(13-6-4-9-20-13)16-15-17-14-10-11(2)7-8-19(14)18-15/h4,6-10,12H,3,5H2,1-2H3,(H,16,18). The number of hydrogen-bond acceptors (Lipinski definition) is 4. The highest BCUT2D eigenvalue weighted by Gasteiger charge is 2.14. The van der Waals surface area contributed by atoms with E-state index in [0.29, 0.717) is 12.0 Å². The number of aryl methyl sites for hydroxylation is 1. The summed E-state index contributed by atoms with van der Waals surface area (Å²) >= 11 is 1.77. The van der Waals surface area contributed by atoms with Gasteiger partial charge in [0.1, 0.15) is 0 Å². The maximum Gasteiger partial charge on any atom is 0.243 e. The Morgan fingerprint density at radius 3 is 3.05 bits per heavy atom. The lowest BCUT2D eigenvalue weighted by molar-refractivity contribution is 0.680. The third kappa shape index (κ3) is 2.67. The predicted octanol–water partition coefficient (Wildman–Crippen LogP) is 4.05. The van der Waals surface area contributed by atoms with Crippen molar-refractivity contribution in [3.8, 4) is 0 Å². The zero-order valence-electron chi connectivity index (χ0n) is 11.7. The molecular weight excluding hydrogens is 268 g/mol. The molecule has 0 spiro atoms. The van der Waals surface area contributed by atoms with Crippen molar-refractivity contribution < 1.29 is 0 Å². The second-order valence-corrected chi connectivity index (χ2v) is 5.92. The van der Waals surface area contributed by atoms with E-state index in [4.69, 9.17) is 0 Å². The number of nitrogens with one attached hydrogen (secondary N) is 1. The van der Waals surface area contributed by atoms with Gasteiger partial charge in [-0.25, -0.2) is 4.52 Å². The number of anilines is 1. The Morgan fingerprint density at radius 1 is 1.40 bits per heavy atom. The molecule has 4 nitrogen and oxygen atoms in total. The van der Waals surface area contributed by atoms with Crippen LogP contribution in [0.2, 0.25) is 0 Å². The van der Waals surface area contributed by atoms with Crippen molar-refractivity contribution in [2.75, 3.05) is 5.32 Å². The average molecular weight is 286 g/mol. The largest absolute Gasteiger partial charge is 0.345 e. The van der Waals surface area contributed by atoms with Gasteiger partial charge >= 0.3 is 0 Å². The van der Waals surface area contributed by atoms with Crippen molar-refractivity contribution in [1.29, 1.82) is 0 Å². The second kappa shape index (κ2) is 5.63. The molecule has 0 aliphatic rings. The molecule has 5 heteroatoms. The van der Waals surface area contributed by atoms with E-state index in [9.17, 15) is 0 Å². The molecule has 0 fully saturated rings. The number of fused-ring (bicyclic) bond motifs is 1. The van der Waals surface area contributed by atoms with E-state index in [-0.39, 0.29) is 0 Å². The summed E-state index contributed by atoms with van der Waals surface area (Å²) in [6.45, 7) is 4.26. The summed E-state index contributed by atoms with van der Waals surface area (Å²) in [6, 6.07) is 8.62. The summed E-state index contributed by atoms with van der Waals surface area (Å²) in [4.78, 5) is 5.89. The number of hydrogen-bond donors (Lipinski definition) is 1. The van der Waals surface area contributed by atoms with Gasteiger partial charge in [-0.3, -0.25) is 0 Å². The van der Waals surface area contributed by atoms with E-state index in [1.165, 1.54) is 10.4 Å². The molecule has 3 aromatic rings. The van der Waals surface area contributed by atoms with Gasteiger partial charge in [-0.2, -0.15) is 4.98 Å². The molecular formula is C15H18N4S. The van der Waals surface area contributed by atoms with Crippen molar-refractivity contribution in [3.05, 3.63) is 46.3 Å². The summed E-state index contributed by atoms with van der Waals surface area (Å²) in [7, 11) is 0. The van der Waals surface area contributed by atoms with Crippen LogP contribution in [-0.4, -0.2) is 14.6 Å². The van der Waals surface area contributed by atoms with Crippen molar-refractivity contribution in [3.63, 3.8) is 0 Å². The van der Waals surface area contributed by atoms with Gasteiger partial charge in [-0.15, -0.1) is 16.4 Å². The molecule has 104 valence electrons. The van der Waals surface area contributed by atoms with Gasteiger partial charge in [-0.1, -0.05) is 19.4 Å². The molecule has 3 rings (SSSR count). The van der Waals surface area contributed by atoms with Gasteiger partial charge in [0, 0.05) is 11.1 Å². The van der Waals surface area contributed by atoms with Crippen LogP contribution in [0.4, 0.5) is 5.95 Å². The molecule has 0 aliphatic heterocycles. The molecule has 3 heterocycles. The first kappa shape index (κ1) is 13.1. The van der Waals surface area contributed by atoms with Gasteiger partial charge in [0.05, 0.1) is 6.04 Å². The van der Waals surface area contributed by atoms with E-state index in [0.717, 1.165) is 18.5 Å². The summed E-state index contributed by atoms with van der Waals surface area (Å²) in [5, 5.41) is 10.1. The van der Waals surface area contributed by atoms with Gasteiger partial charge in [-0.05, 0) is 42.5 Å². The number of aromatic nitrogens is 3. The summed E-state index contributed by atoms with van der Waals surface area (Å²) in [6.07, 6.45) is 4.15. The van der Waals surface area contributed by atoms with E-state index in [1.54, 1.807) is 11.3 Å². The lowest BCUT2D eigenvalue weighted by atomic mass is 10.1. The predicted molar refractivity (Wildman–Crippen MR) is 83.3 cm³/mol. The molecule has 1 unspecified atom stereocenters. The minimum Gasteiger partial charge on any atom is -0.345 e. The normalized spacial score (nSPS) is 12.7. The fraction of sp³-hybridized carbons (Fsp3) is 0.333. The molecule has 0 saturated carbocycles. The third-order valence-corrected chi connectivity index (χ3v) is 4.25. The van der Waals surface area contributed by atoms with Gasteiger partial charge < -0.3 is 5.32 Å². The highest BCUT2D eigenvalue weighted by atomic mass is 32.1. The molecule has 0 saturated heterocycles. The fourth-order valence-electron chi connectivity index (χ4n) is 2.26. The highest BCUT2D eigenvalue weighted by molar-refractivity contribution is 7.10. The Morgan fingerprint density at radius 2 is 2.30 bits per heavy atom. The first-order chi connectivity index (χ1) is 9.76. The molecule has 3 aromatic heterocycles. The lowest BCUT2D eigenvalue weighted by Crippen LogP contribution is -2.10. The molecule has 1 N–H and O–H groups in total. The number of thiophene rings is 1. The highest BCUT2D eigenvalue weighted by Crippen LogP contribution is 2.26.